The zero-order chi connectivity index (χ0) is 16.2. The van der Waals surface area contributed by atoms with Crippen LogP contribution in [-0.2, 0) is 23.8 Å². The van der Waals surface area contributed by atoms with Gasteiger partial charge in [0.1, 0.15) is 5.60 Å². The smallest absolute Gasteiger partial charge is 0.330 e. The summed E-state index contributed by atoms with van der Waals surface area (Å²) in [7, 11) is 0. The fourth-order valence-electron chi connectivity index (χ4n) is 3.57. The SMILES string of the molecule is C=CC(=O)OC12CCC(C1)C(C(=O)OC(C)OCCCC)C2. The van der Waals surface area contributed by atoms with Gasteiger partial charge in [-0.2, -0.15) is 0 Å². The maximum atomic E-state index is 12.3. The van der Waals surface area contributed by atoms with E-state index in [-0.39, 0.29) is 17.8 Å². The highest BCUT2D eigenvalue weighted by Gasteiger charge is 2.55. The lowest BCUT2D eigenvalue weighted by molar-refractivity contribution is -0.183. The van der Waals surface area contributed by atoms with Crippen molar-refractivity contribution in [1.82, 2.24) is 0 Å². The first-order valence-electron chi connectivity index (χ1n) is 8.17. The van der Waals surface area contributed by atoms with E-state index >= 15 is 0 Å². The second-order valence-electron chi connectivity index (χ2n) is 6.35. The number of unbranched alkanes of at least 4 members (excludes halogenated alkanes) is 1. The molecule has 0 heterocycles. The van der Waals surface area contributed by atoms with Crippen LogP contribution in [-0.4, -0.2) is 30.4 Å². The third-order valence-corrected chi connectivity index (χ3v) is 4.68. The molecule has 2 aliphatic carbocycles. The molecule has 0 N–H and O–H groups in total. The lowest BCUT2D eigenvalue weighted by Gasteiger charge is -2.29. The highest BCUT2D eigenvalue weighted by atomic mass is 16.7. The van der Waals surface area contributed by atoms with Gasteiger partial charge in [0.15, 0.2) is 6.29 Å². The van der Waals surface area contributed by atoms with Crippen LogP contribution in [0.2, 0.25) is 0 Å². The number of carbonyl (C=O) groups excluding carboxylic acids is 2. The standard InChI is InChI=1S/C17H26O5/c1-4-6-9-20-12(3)21-16(19)14-11-17(22-15(18)5-2)8-7-13(14)10-17/h5,12-14H,2,4,6-11H2,1,3H3. The van der Waals surface area contributed by atoms with Gasteiger partial charge in [0.25, 0.3) is 0 Å². The molecule has 2 fully saturated rings. The first kappa shape index (κ1) is 17.0. The van der Waals surface area contributed by atoms with Gasteiger partial charge in [-0.1, -0.05) is 19.9 Å². The molecule has 2 bridgehead atoms. The van der Waals surface area contributed by atoms with Gasteiger partial charge in [-0.25, -0.2) is 4.79 Å². The largest absolute Gasteiger partial charge is 0.456 e. The topological polar surface area (TPSA) is 61.8 Å². The van der Waals surface area contributed by atoms with Crippen molar-refractivity contribution in [3.63, 3.8) is 0 Å². The summed E-state index contributed by atoms with van der Waals surface area (Å²) in [6.45, 7) is 7.85. The van der Waals surface area contributed by atoms with Gasteiger partial charge in [-0.3, -0.25) is 4.79 Å². The Morgan fingerprint density at radius 1 is 1.41 bits per heavy atom. The average Bonchev–Trinajstić information content (AvgIpc) is 3.05. The molecule has 4 atom stereocenters. The predicted octanol–water partition coefficient (Wildman–Crippen LogP) is 2.98. The van der Waals surface area contributed by atoms with E-state index in [1.807, 2.05) is 0 Å². The molecule has 124 valence electrons. The van der Waals surface area contributed by atoms with Crippen molar-refractivity contribution in [1.29, 1.82) is 0 Å². The van der Waals surface area contributed by atoms with E-state index in [0.29, 0.717) is 13.0 Å². The number of hydrogen-bond acceptors (Lipinski definition) is 5. The summed E-state index contributed by atoms with van der Waals surface area (Å²) >= 11 is 0. The van der Waals surface area contributed by atoms with Crippen molar-refractivity contribution < 1.29 is 23.8 Å². The van der Waals surface area contributed by atoms with Gasteiger partial charge in [-0.05, 0) is 38.5 Å². The maximum Gasteiger partial charge on any atom is 0.330 e. The molecular formula is C17H26O5. The maximum absolute atomic E-state index is 12.3. The van der Waals surface area contributed by atoms with E-state index in [9.17, 15) is 9.59 Å². The fourth-order valence-corrected chi connectivity index (χ4v) is 3.57. The highest BCUT2D eigenvalue weighted by molar-refractivity contribution is 5.82. The number of carbonyl (C=O) groups is 2. The number of ether oxygens (including phenoxy) is 3. The van der Waals surface area contributed by atoms with Crippen molar-refractivity contribution in [3.05, 3.63) is 12.7 Å². The molecule has 0 aliphatic heterocycles. The van der Waals surface area contributed by atoms with Crippen LogP contribution in [0.25, 0.3) is 0 Å². The van der Waals surface area contributed by atoms with E-state index in [1.54, 1.807) is 6.92 Å². The van der Waals surface area contributed by atoms with Crippen molar-refractivity contribution >= 4 is 11.9 Å². The molecular weight excluding hydrogens is 284 g/mol. The Labute approximate surface area is 132 Å². The second-order valence-corrected chi connectivity index (χ2v) is 6.35. The van der Waals surface area contributed by atoms with Crippen molar-refractivity contribution in [2.24, 2.45) is 11.8 Å². The van der Waals surface area contributed by atoms with E-state index in [4.69, 9.17) is 14.2 Å². The normalized spacial score (nSPS) is 30.8. The van der Waals surface area contributed by atoms with Gasteiger partial charge < -0.3 is 14.2 Å². The number of hydrogen-bond donors (Lipinski definition) is 0. The summed E-state index contributed by atoms with van der Waals surface area (Å²) < 4.78 is 16.4. The van der Waals surface area contributed by atoms with Crippen LogP contribution in [0.15, 0.2) is 12.7 Å². The molecule has 2 rings (SSSR count). The van der Waals surface area contributed by atoms with Gasteiger partial charge in [0.2, 0.25) is 0 Å². The van der Waals surface area contributed by atoms with Crippen molar-refractivity contribution in [2.75, 3.05) is 6.61 Å². The second kappa shape index (κ2) is 7.27. The number of rotatable bonds is 8. The van der Waals surface area contributed by atoms with Crippen LogP contribution in [0.5, 0.6) is 0 Å². The van der Waals surface area contributed by atoms with Crippen LogP contribution in [0, 0.1) is 11.8 Å². The Morgan fingerprint density at radius 3 is 2.86 bits per heavy atom. The molecule has 0 aromatic carbocycles. The lowest BCUT2D eigenvalue weighted by Crippen LogP contribution is -2.34. The van der Waals surface area contributed by atoms with Gasteiger partial charge in [0.05, 0.1) is 12.5 Å². The number of fused-ring (bicyclic) bond motifs is 2. The molecule has 0 aromatic heterocycles. The molecule has 5 heteroatoms. The summed E-state index contributed by atoms with van der Waals surface area (Å²) in [4.78, 5) is 23.8. The fraction of sp³-hybridized carbons (Fsp3) is 0.765. The molecule has 22 heavy (non-hydrogen) atoms. The third-order valence-electron chi connectivity index (χ3n) is 4.68. The van der Waals surface area contributed by atoms with E-state index < -0.39 is 17.9 Å². The zero-order valence-electron chi connectivity index (χ0n) is 13.5. The molecule has 5 nitrogen and oxygen atoms in total. The van der Waals surface area contributed by atoms with Crippen LogP contribution >= 0.6 is 0 Å². The van der Waals surface area contributed by atoms with Crippen LogP contribution in [0.4, 0.5) is 0 Å². The van der Waals surface area contributed by atoms with E-state index in [0.717, 1.165) is 32.1 Å². The zero-order valence-corrected chi connectivity index (χ0v) is 13.5. The monoisotopic (exact) mass is 310 g/mol. The average molecular weight is 310 g/mol. The molecule has 0 amide bonds. The van der Waals surface area contributed by atoms with Gasteiger partial charge in [-0.15, -0.1) is 0 Å². The van der Waals surface area contributed by atoms with Gasteiger partial charge in [0, 0.05) is 12.5 Å². The first-order valence-corrected chi connectivity index (χ1v) is 8.17. The molecule has 2 aliphatic rings. The molecule has 2 saturated carbocycles. The summed E-state index contributed by atoms with van der Waals surface area (Å²) in [5.74, 6) is -0.590. The predicted molar refractivity (Wildman–Crippen MR) is 80.9 cm³/mol. The molecule has 0 radical (unpaired) electrons. The molecule has 0 saturated heterocycles. The highest BCUT2D eigenvalue weighted by Crippen LogP contribution is 2.53. The molecule has 0 aromatic rings. The Hall–Kier alpha value is -1.36. The van der Waals surface area contributed by atoms with E-state index in [2.05, 4.69) is 13.5 Å². The lowest BCUT2D eigenvalue weighted by atomic mass is 9.87. The Bertz CT molecular complexity index is 433. The molecule has 0 spiro atoms. The van der Waals surface area contributed by atoms with Crippen LogP contribution in [0.3, 0.4) is 0 Å². The number of esters is 2. The summed E-state index contributed by atoms with van der Waals surface area (Å²) in [5.41, 5.74) is -0.494. The summed E-state index contributed by atoms with van der Waals surface area (Å²) in [5, 5.41) is 0. The minimum absolute atomic E-state index is 0.191. The Balaban J connectivity index is 1.85. The van der Waals surface area contributed by atoms with E-state index in [1.165, 1.54) is 6.08 Å². The summed E-state index contributed by atoms with van der Waals surface area (Å²) in [6, 6.07) is 0. The minimum Gasteiger partial charge on any atom is -0.456 e. The quantitative estimate of drug-likeness (QED) is 0.298. The Kier molecular flexibility index (Phi) is 5.62. The van der Waals surface area contributed by atoms with Crippen LogP contribution < -0.4 is 0 Å². The van der Waals surface area contributed by atoms with Gasteiger partial charge >= 0.3 is 11.9 Å². The Morgan fingerprint density at radius 2 is 2.18 bits per heavy atom. The summed E-state index contributed by atoms with van der Waals surface area (Å²) in [6.07, 6.45) is 5.67. The first-order chi connectivity index (χ1) is 10.5. The van der Waals surface area contributed by atoms with Crippen molar-refractivity contribution in [3.8, 4) is 0 Å². The van der Waals surface area contributed by atoms with Crippen molar-refractivity contribution in [2.45, 2.75) is 64.3 Å². The third kappa shape index (κ3) is 3.88. The minimum atomic E-state index is -0.523. The van der Waals surface area contributed by atoms with Crippen LogP contribution in [0.1, 0.15) is 52.4 Å². The molecule has 4 unspecified atom stereocenters.